The van der Waals surface area contributed by atoms with Crippen molar-refractivity contribution in [2.75, 3.05) is 5.32 Å². The zero-order chi connectivity index (χ0) is 27.2. The van der Waals surface area contributed by atoms with Crippen molar-refractivity contribution in [1.82, 2.24) is 15.3 Å². The highest BCUT2D eigenvalue weighted by atomic mass is 35.5. The van der Waals surface area contributed by atoms with Gasteiger partial charge >= 0.3 is 0 Å². The van der Waals surface area contributed by atoms with Crippen LogP contribution in [0.3, 0.4) is 0 Å². The Balaban J connectivity index is 1.35. The molecule has 0 saturated heterocycles. The van der Waals surface area contributed by atoms with Gasteiger partial charge in [-0.15, -0.1) is 0 Å². The largest absolute Gasteiger partial charge is 0.361 e. The third-order valence-corrected chi connectivity index (χ3v) is 6.50. The van der Waals surface area contributed by atoms with Gasteiger partial charge in [0.25, 0.3) is 5.91 Å². The van der Waals surface area contributed by atoms with E-state index in [4.69, 9.17) is 11.6 Å². The highest BCUT2D eigenvalue weighted by Crippen LogP contribution is 2.21. The maximum absolute atomic E-state index is 15.0. The smallest absolute Gasteiger partial charge is 0.254 e. The number of carbonyl (C=O) groups excluding carboxylic acids is 2. The Bertz CT molecular complexity index is 1650. The van der Waals surface area contributed by atoms with Crippen LogP contribution in [0.1, 0.15) is 27.0 Å². The molecule has 1 atom stereocenters. The summed E-state index contributed by atoms with van der Waals surface area (Å²) < 4.78 is 15.0. The number of aromatic amines is 1. The van der Waals surface area contributed by atoms with Crippen LogP contribution in [0.5, 0.6) is 0 Å². The van der Waals surface area contributed by atoms with E-state index in [0.717, 1.165) is 22.0 Å². The monoisotopic (exact) mass is 538 g/mol. The lowest BCUT2D eigenvalue weighted by Crippen LogP contribution is -2.45. The molecule has 6 nitrogen and oxygen atoms in total. The summed E-state index contributed by atoms with van der Waals surface area (Å²) >= 11 is 5.92. The van der Waals surface area contributed by atoms with E-state index in [1.165, 1.54) is 12.1 Å². The van der Waals surface area contributed by atoms with Crippen molar-refractivity contribution in [3.05, 3.63) is 131 Å². The summed E-state index contributed by atoms with van der Waals surface area (Å²) in [5.41, 5.74) is 3.64. The number of nitrogens with one attached hydrogen (secondary N) is 3. The summed E-state index contributed by atoms with van der Waals surface area (Å²) in [5, 5.41) is 7.10. The summed E-state index contributed by atoms with van der Waals surface area (Å²) in [5.74, 6) is -1.80. The summed E-state index contributed by atoms with van der Waals surface area (Å²) in [6.45, 7) is 0. The molecular weight excluding hydrogens is 515 g/mol. The highest BCUT2D eigenvalue weighted by molar-refractivity contribution is 6.30. The number of halogens is 2. The summed E-state index contributed by atoms with van der Waals surface area (Å²) in [6.07, 6.45) is 8.70. The van der Waals surface area contributed by atoms with E-state index in [9.17, 15) is 9.59 Å². The molecule has 0 radical (unpaired) electrons. The molecule has 3 aromatic carbocycles. The zero-order valence-corrected chi connectivity index (χ0v) is 21.5. The molecule has 0 spiro atoms. The second-order valence-corrected chi connectivity index (χ2v) is 9.38. The molecule has 2 heterocycles. The van der Waals surface area contributed by atoms with Crippen LogP contribution in [0, 0.1) is 5.82 Å². The zero-order valence-electron chi connectivity index (χ0n) is 20.7. The van der Waals surface area contributed by atoms with Crippen LogP contribution in [0.25, 0.3) is 23.1 Å². The van der Waals surface area contributed by atoms with Crippen LogP contribution in [-0.2, 0) is 11.2 Å². The quantitative estimate of drug-likeness (QED) is 0.197. The number of amides is 2. The van der Waals surface area contributed by atoms with Crippen molar-refractivity contribution in [2.24, 2.45) is 0 Å². The van der Waals surface area contributed by atoms with Gasteiger partial charge in [-0.25, -0.2) is 4.39 Å². The average molecular weight is 539 g/mol. The van der Waals surface area contributed by atoms with Crippen LogP contribution >= 0.6 is 11.6 Å². The predicted molar refractivity (Wildman–Crippen MR) is 153 cm³/mol. The van der Waals surface area contributed by atoms with Crippen LogP contribution < -0.4 is 10.6 Å². The van der Waals surface area contributed by atoms with E-state index in [1.807, 2.05) is 48.7 Å². The minimum absolute atomic E-state index is 0.153. The highest BCUT2D eigenvalue weighted by Gasteiger charge is 2.25. The molecule has 0 aliphatic rings. The molecule has 0 fully saturated rings. The molecule has 0 unspecified atom stereocenters. The summed E-state index contributed by atoms with van der Waals surface area (Å²) in [6, 6.07) is 21.6. The predicted octanol–water partition coefficient (Wildman–Crippen LogP) is 6.51. The normalized spacial score (nSPS) is 11.9. The fraction of sp³-hybridized carbons (Fsp3) is 0.0645. The van der Waals surface area contributed by atoms with Gasteiger partial charge < -0.3 is 15.6 Å². The molecule has 0 aliphatic carbocycles. The number of fused-ring (bicyclic) bond motifs is 1. The van der Waals surface area contributed by atoms with Crippen molar-refractivity contribution in [2.45, 2.75) is 12.5 Å². The van der Waals surface area contributed by atoms with E-state index in [0.29, 0.717) is 16.3 Å². The Morgan fingerprint density at radius 2 is 1.67 bits per heavy atom. The molecule has 8 heteroatoms. The maximum atomic E-state index is 15.0. The van der Waals surface area contributed by atoms with E-state index in [2.05, 4.69) is 20.6 Å². The molecule has 0 aliphatic heterocycles. The lowest BCUT2D eigenvalue weighted by atomic mass is 10.0. The van der Waals surface area contributed by atoms with E-state index < -0.39 is 23.7 Å². The van der Waals surface area contributed by atoms with Crippen LogP contribution in [0.4, 0.5) is 10.1 Å². The molecule has 39 heavy (non-hydrogen) atoms. The number of para-hydroxylation sites is 1. The first kappa shape index (κ1) is 25.9. The first-order valence-corrected chi connectivity index (χ1v) is 12.6. The number of rotatable bonds is 8. The standard InChI is InChI=1S/C31H24ClFN4O2/c32-23-10-7-20(8-11-23)5-6-21-9-12-26(27(33)17-21)30(38)37-29(31(39)36-24-13-15-34-16-14-24)18-22-19-35-28-4-2-1-3-25(22)28/h1-17,19,29,35H,18H2,(H,37,38)(H,34,36,39)/t29-/m0/s1. The number of H-pyrrole nitrogens is 1. The Labute approximate surface area is 229 Å². The topological polar surface area (TPSA) is 86.9 Å². The van der Waals surface area contributed by atoms with Crippen LogP contribution in [-0.4, -0.2) is 27.8 Å². The molecule has 2 aromatic heterocycles. The van der Waals surface area contributed by atoms with Gasteiger partial charge in [-0.1, -0.05) is 60.2 Å². The van der Waals surface area contributed by atoms with Gasteiger partial charge in [0.05, 0.1) is 5.56 Å². The number of aromatic nitrogens is 2. The van der Waals surface area contributed by atoms with Crippen molar-refractivity contribution in [3.8, 4) is 0 Å². The number of carbonyl (C=O) groups is 2. The van der Waals surface area contributed by atoms with Crippen molar-refractivity contribution in [3.63, 3.8) is 0 Å². The molecule has 5 rings (SSSR count). The molecule has 5 aromatic rings. The SMILES string of the molecule is O=C(N[C@@H](Cc1c[nH]c2ccccc12)C(=O)Nc1ccncc1)c1ccc(C=Cc2ccc(Cl)cc2)cc1F. The number of hydrogen-bond acceptors (Lipinski definition) is 3. The van der Waals surface area contributed by atoms with E-state index in [-0.39, 0.29) is 12.0 Å². The first-order chi connectivity index (χ1) is 19.0. The molecular formula is C31H24ClFN4O2. The fourth-order valence-electron chi connectivity index (χ4n) is 4.22. The van der Waals surface area contributed by atoms with Gasteiger partial charge in [-0.2, -0.15) is 0 Å². The van der Waals surface area contributed by atoms with Gasteiger partial charge in [0.15, 0.2) is 0 Å². The van der Waals surface area contributed by atoms with Gasteiger partial charge in [0, 0.05) is 46.6 Å². The Morgan fingerprint density at radius 1 is 0.949 bits per heavy atom. The molecule has 0 bridgehead atoms. The number of nitrogens with zero attached hydrogens (tertiary/aromatic N) is 1. The van der Waals surface area contributed by atoms with Crippen molar-refractivity contribution < 1.29 is 14.0 Å². The lowest BCUT2D eigenvalue weighted by Gasteiger charge is -2.19. The molecule has 0 saturated carbocycles. The average Bonchev–Trinajstić information content (AvgIpc) is 3.35. The lowest BCUT2D eigenvalue weighted by molar-refractivity contribution is -0.118. The fourth-order valence-corrected chi connectivity index (χ4v) is 4.34. The van der Waals surface area contributed by atoms with E-state index >= 15 is 4.39 Å². The van der Waals surface area contributed by atoms with Crippen LogP contribution in [0.2, 0.25) is 5.02 Å². The van der Waals surface area contributed by atoms with Gasteiger partial charge in [-0.05, 0) is 59.2 Å². The number of hydrogen-bond donors (Lipinski definition) is 3. The number of pyridine rings is 1. The number of benzene rings is 3. The van der Waals surface area contributed by atoms with Crippen molar-refractivity contribution >= 4 is 52.2 Å². The molecule has 3 N–H and O–H groups in total. The van der Waals surface area contributed by atoms with Crippen molar-refractivity contribution in [1.29, 1.82) is 0 Å². The first-order valence-electron chi connectivity index (χ1n) is 12.3. The van der Waals surface area contributed by atoms with Gasteiger partial charge in [0.2, 0.25) is 5.91 Å². The second kappa shape index (κ2) is 11.8. The Kier molecular flexibility index (Phi) is 7.80. The molecule has 194 valence electrons. The van der Waals surface area contributed by atoms with E-state index in [1.54, 1.807) is 48.8 Å². The summed E-state index contributed by atoms with van der Waals surface area (Å²) in [4.78, 5) is 33.6. The Morgan fingerprint density at radius 3 is 2.44 bits per heavy atom. The van der Waals surface area contributed by atoms with Gasteiger partial charge in [-0.3, -0.25) is 14.6 Å². The summed E-state index contributed by atoms with van der Waals surface area (Å²) in [7, 11) is 0. The molecule has 2 amide bonds. The van der Waals surface area contributed by atoms with Crippen LogP contribution in [0.15, 0.2) is 97.5 Å². The second-order valence-electron chi connectivity index (χ2n) is 8.94. The third kappa shape index (κ3) is 6.40. The minimum atomic E-state index is -0.964. The third-order valence-electron chi connectivity index (χ3n) is 6.24. The Hall–Kier alpha value is -4.75. The van der Waals surface area contributed by atoms with Gasteiger partial charge in [0.1, 0.15) is 11.9 Å². The maximum Gasteiger partial charge on any atom is 0.254 e. The number of anilines is 1. The minimum Gasteiger partial charge on any atom is -0.361 e.